The van der Waals surface area contributed by atoms with Crippen molar-refractivity contribution < 1.29 is 14.4 Å². The molecule has 0 aliphatic carbocycles. The molecular weight excluding hydrogens is 414 g/mol. The van der Waals surface area contributed by atoms with E-state index in [1.165, 1.54) is 31.7 Å². The van der Waals surface area contributed by atoms with Crippen LogP contribution in [0.1, 0.15) is 11.1 Å². The summed E-state index contributed by atoms with van der Waals surface area (Å²) in [4.78, 5) is 22.4. The number of nitrogens with one attached hydrogen (secondary N) is 2. The van der Waals surface area contributed by atoms with Gasteiger partial charge >= 0.3 is 5.69 Å². The van der Waals surface area contributed by atoms with Crippen molar-refractivity contribution >= 4 is 29.2 Å². The Kier molecular flexibility index (Phi) is 6.60. The third-order valence-corrected chi connectivity index (χ3v) is 4.27. The van der Waals surface area contributed by atoms with Gasteiger partial charge in [0.05, 0.1) is 24.4 Å². The predicted octanol–water partition coefficient (Wildman–Crippen LogP) is 3.37. The monoisotopic (exact) mass is 429 g/mol. The van der Waals surface area contributed by atoms with Crippen LogP contribution in [0.2, 0.25) is 5.02 Å². The van der Waals surface area contributed by atoms with Crippen LogP contribution in [-0.4, -0.2) is 28.4 Å². The zero-order valence-electron chi connectivity index (χ0n) is 15.7. The Morgan fingerprint density at radius 1 is 1.33 bits per heavy atom. The van der Waals surface area contributed by atoms with Gasteiger partial charge in [0.1, 0.15) is 17.3 Å². The summed E-state index contributed by atoms with van der Waals surface area (Å²) in [5, 5.41) is 21.2. The molecule has 0 aliphatic rings. The van der Waals surface area contributed by atoms with Gasteiger partial charge in [-0.2, -0.15) is 10.2 Å². The highest BCUT2D eigenvalue weighted by Gasteiger charge is 2.22. The molecule has 3 rings (SSSR count). The van der Waals surface area contributed by atoms with E-state index in [9.17, 15) is 14.9 Å². The molecule has 0 radical (unpaired) electrons. The van der Waals surface area contributed by atoms with E-state index in [1.807, 2.05) is 30.3 Å². The number of aromatic nitrogens is 2. The van der Waals surface area contributed by atoms with Gasteiger partial charge in [-0.05, 0) is 11.6 Å². The maximum Gasteiger partial charge on any atom is 0.315 e. The van der Waals surface area contributed by atoms with Gasteiger partial charge in [-0.1, -0.05) is 41.9 Å². The lowest BCUT2D eigenvalue weighted by Gasteiger charge is -2.12. The largest absolute Gasteiger partial charge is 0.493 e. The summed E-state index contributed by atoms with van der Waals surface area (Å²) < 4.78 is 11.0. The zero-order chi connectivity index (χ0) is 21.5. The lowest BCUT2D eigenvalue weighted by atomic mass is 10.1. The topological polar surface area (TPSA) is 132 Å². The van der Waals surface area contributed by atoms with E-state index in [2.05, 4.69) is 20.7 Å². The Bertz CT molecular complexity index is 1130. The summed E-state index contributed by atoms with van der Waals surface area (Å²) in [5.41, 5.74) is 3.12. The van der Waals surface area contributed by atoms with Gasteiger partial charge in [0.25, 0.3) is 5.56 Å². The first-order valence-electron chi connectivity index (χ1n) is 8.55. The first-order valence-corrected chi connectivity index (χ1v) is 8.92. The number of nitro groups is 1. The number of aromatic amines is 1. The maximum atomic E-state index is 11.6. The molecule has 2 N–H and O–H groups in total. The summed E-state index contributed by atoms with van der Waals surface area (Å²) in [6, 6.07) is 12.1. The number of benzene rings is 2. The quantitative estimate of drug-likeness (QED) is 0.318. The molecule has 0 saturated carbocycles. The molecule has 0 fully saturated rings. The number of rotatable bonds is 8. The van der Waals surface area contributed by atoms with Crippen LogP contribution >= 0.6 is 11.6 Å². The molecular formula is C19H16ClN5O5. The van der Waals surface area contributed by atoms with Crippen molar-refractivity contribution in [1.82, 2.24) is 10.2 Å². The average molecular weight is 430 g/mol. The van der Waals surface area contributed by atoms with Gasteiger partial charge in [0, 0.05) is 11.6 Å². The number of hydrazone groups is 1. The molecule has 0 amide bonds. The highest BCUT2D eigenvalue weighted by Crippen LogP contribution is 2.38. The van der Waals surface area contributed by atoms with Crippen molar-refractivity contribution in [1.29, 1.82) is 0 Å². The number of hydrogen-bond acceptors (Lipinski definition) is 8. The summed E-state index contributed by atoms with van der Waals surface area (Å²) >= 11 is 5.85. The molecule has 1 heterocycles. The van der Waals surface area contributed by atoms with Crippen molar-refractivity contribution in [2.75, 3.05) is 12.5 Å². The van der Waals surface area contributed by atoms with Crippen LogP contribution in [0.25, 0.3) is 0 Å². The fraction of sp³-hybridized carbons (Fsp3) is 0.105. The van der Waals surface area contributed by atoms with Crippen molar-refractivity contribution in [3.8, 4) is 11.5 Å². The molecule has 10 nitrogen and oxygen atoms in total. The molecule has 11 heteroatoms. The highest BCUT2D eigenvalue weighted by atomic mass is 35.5. The second-order valence-corrected chi connectivity index (χ2v) is 6.28. The van der Waals surface area contributed by atoms with Crippen molar-refractivity contribution in [2.45, 2.75) is 6.61 Å². The molecule has 0 spiro atoms. The summed E-state index contributed by atoms with van der Waals surface area (Å²) in [5.74, 6) is 0.190. The van der Waals surface area contributed by atoms with Crippen molar-refractivity contribution in [2.24, 2.45) is 5.10 Å². The zero-order valence-corrected chi connectivity index (χ0v) is 16.4. The molecule has 0 bridgehead atoms. The molecule has 0 aliphatic heterocycles. The molecule has 1 aromatic heterocycles. The summed E-state index contributed by atoms with van der Waals surface area (Å²) in [7, 11) is 1.38. The number of nitro benzene ring substituents is 1. The fourth-order valence-corrected chi connectivity index (χ4v) is 2.62. The number of methoxy groups -OCH3 is 1. The van der Waals surface area contributed by atoms with Crippen LogP contribution in [-0.2, 0) is 6.61 Å². The molecule has 30 heavy (non-hydrogen) atoms. The van der Waals surface area contributed by atoms with Gasteiger partial charge in [0.2, 0.25) is 5.75 Å². The fourth-order valence-electron chi connectivity index (χ4n) is 2.48. The van der Waals surface area contributed by atoms with Crippen LogP contribution in [0.5, 0.6) is 11.5 Å². The number of anilines is 1. The number of halogens is 1. The highest BCUT2D eigenvalue weighted by molar-refractivity contribution is 6.32. The maximum absolute atomic E-state index is 11.6. The Labute approximate surface area is 175 Å². The standard InChI is InChI=1S/C19H16ClN5O5/c1-29-16-8-13(9-21-23-14-10-22-24-19(26)17(14)20)7-15(25(27)28)18(16)30-11-12-5-3-2-4-6-12/h2-10H,11H2,1H3,(H2,23,24,26)/b21-9-. The van der Waals surface area contributed by atoms with Crippen LogP contribution < -0.4 is 20.5 Å². The van der Waals surface area contributed by atoms with E-state index in [0.717, 1.165) is 5.56 Å². The normalized spacial score (nSPS) is 10.7. The van der Waals surface area contributed by atoms with Gasteiger partial charge in [-0.25, -0.2) is 5.10 Å². The van der Waals surface area contributed by atoms with Gasteiger partial charge in [-0.15, -0.1) is 0 Å². The number of H-pyrrole nitrogens is 1. The van der Waals surface area contributed by atoms with E-state index < -0.39 is 10.5 Å². The van der Waals surface area contributed by atoms with Gasteiger partial charge in [-0.3, -0.25) is 20.3 Å². The van der Waals surface area contributed by atoms with E-state index in [1.54, 1.807) is 0 Å². The molecule has 154 valence electrons. The van der Waals surface area contributed by atoms with Crippen molar-refractivity contribution in [3.05, 3.63) is 85.3 Å². The minimum absolute atomic E-state index is 0.0123. The molecule has 2 aromatic carbocycles. The minimum Gasteiger partial charge on any atom is -0.493 e. The smallest absolute Gasteiger partial charge is 0.315 e. The van der Waals surface area contributed by atoms with E-state index in [-0.39, 0.29) is 34.5 Å². The van der Waals surface area contributed by atoms with Crippen molar-refractivity contribution in [3.63, 3.8) is 0 Å². The van der Waals surface area contributed by atoms with Crippen LogP contribution in [0.3, 0.4) is 0 Å². The van der Waals surface area contributed by atoms with Gasteiger partial charge < -0.3 is 9.47 Å². The lowest BCUT2D eigenvalue weighted by Crippen LogP contribution is -2.10. The Morgan fingerprint density at radius 3 is 2.80 bits per heavy atom. The Morgan fingerprint density at radius 2 is 2.10 bits per heavy atom. The first-order chi connectivity index (χ1) is 14.5. The number of ether oxygens (including phenoxy) is 2. The van der Waals surface area contributed by atoms with Crippen LogP contribution in [0.4, 0.5) is 11.4 Å². The number of nitrogens with zero attached hydrogens (tertiary/aromatic N) is 3. The van der Waals surface area contributed by atoms with Gasteiger partial charge in [0.15, 0.2) is 5.75 Å². The molecule has 0 saturated heterocycles. The molecule has 0 atom stereocenters. The number of hydrogen-bond donors (Lipinski definition) is 2. The lowest BCUT2D eigenvalue weighted by molar-refractivity contribution is -0.386. The third-order valence-electron chi connectivity index (χ3n) is 3.89. The SMILES string of the molecule is COc1cc(/C=N\Nc2cn[nH]c(=O)c2Cl)cc([N+](=O)[O-])c1OCc1ccccc1. The van der Waals surface area contributed by atoms with E-state index in [4.69, 9.17) is 21.1 Å². The second-order valence-electron chi connectivity index (χ2n) is 5.90. The first kappa shape index (κ1) is 20.8. The third kappa shape index (κ3) is 4.92. The predicted molar refractivity (Wildman–Crippen MR) is 112 cm³/mol. The Balaban J connectivity index is 1.85. The summed E-state index contributed by atoms with van der Waals surface area (Å²) in [6.07, 6.45) is 2.60. The minimum atomic E-state index is -0.575. The summed E-state index contributed by atoms with van der Waals surface area (Å²) in [6.45, 7) is 0.140. The Hall–Kier alpha value is -3.92. The molecule has 3 aromatic rings. The second kappa shape index (κ2) is 9.52. The van der Waals surface area contributed by atoms with Crippen LogP contribution in [0.15, 0.2) is 58.6 Å². The molecule has 0 unspecified atom stereocenters. The van der Waals surface area contributed by atoms with E-state index in [0.29, 0.717) is 5.56 Å². The average Bonchev–Trinajstić information content (AvgIpc) is 2.75. The van der Waals surface area contributed by atoms with E-state index >= 15 is 0 Å². The van der Waals surface area contributed by atoms with Crippen LogP contribution in [0, 0.1) is 10.1 Å².